The first-order valence-corrected chi connectivity index (χ1v) is 6.46. The zero-order chi connectivity index (χ0) is 14.3. The topological polar surface area (TPSA) is 55.6 Å². The van der Waals surface area contributed by atoms with Crippen LogP contribution in [0.5, 0.6) is 5.75 Å². The van der Waals surface area contributed by atoms with Gasteiger partial charge in [-0.05, 0) is 31.5 Å². The van der Waals surface area contributed by atoms with Crippen LogP contribution in [0.4, 0.5) is 4.39 Å². The van der Waals surface area contributed by atoms with Crippen LogP contribution in [0, 0.1) is 5.82 Å². The number of nitrogens with two attached hydrogens (primary N) is 1. The molecule has 0 aliphatic rings. The van der Waals surface area contributed by atoms with Gasteiger partial charge in [-0.15, -0.1) is 0 Å². The maximum Gasteiger partial charge on any atom is 0.256 e. The Labute approximate surface area is 113 Å². The number of halogens is 1. The van der Waals surface area contributed by atoms with Crippen LogP contribution in [0.1, 0.15) is 30.1 Å². The molecule has 0 aliphatic carbocycles. The van der Waals surface area contributed by atoms with Crippen molar-refractivity contribution >= 4 is 5.91 Å². The second kappa shape index (κ2) is 7.74. The summed E-state index contributed by atoms with van der Waals surface area (Å²) >= 11 is 0. The number of carbonyl (C=O) groups is 1. The van der Waals surface area contributed by atoms with Crippen molar-refractivity contribution in [3.05, 3.63) is 29.6 Å². The van der Waals surface area contributed by atoms with Crippen LogP contribution in [0.25, 0.3) is 0 Å². The molecule has 0 fully saturated rings. The fraction of sp³-hybridized carbons (Fsp3) is 0.500. The van der Waals surface area contributed by atoms with Gasteiger partial charge in [0.15, 0.2) is 0 Å². The average molecular weight is 268 g/mol. The van der Waals surface area contributed by atoms with Gasteiger partial charge in [0, 0.05) is 19.2 Å². The number of ether oxygens (including phenoxy) is 1. The molecule has 0 aromatic heterocycles. The number of benzene rings is 1. The Hall–Kier alpha value is -1.62. The largest absolute Gasteiger partial charge is 0.497 e. The molecule has 1 rings (SSSR count). The van der Waals surface area contributed by atoms with E-state index in [9.17, 15) is 9.18 Å². The minimum absolute atomic E-state index is 0.0753. The van der Waals surface area contributed by atoms with Crippen molar-refractivity contribution in [3.63, 3.8) is 0 Å². The third-order valence-electron chi connectivity index (χ3n) is 2.82. The van der Waals surface area contributed by atoms with Gasteiger partial charge >= 0.3 is 0 Å². The van der Waals surface area contributed by atoms with Crippen LogP contribution in [0.3, 0.4) is 0 Å². The summed E-state index contributed by atoms with van der Waals surface area (Å²) in [6.45, 7) is 3.64. The lowest BCUT2D eigenvalue weighted by atomic mass is 10.1. The third-order valence-corrected chi connectivity index (χ3v) is 2.82. The number of nitrogens with zero attached hydrogens (tertiary/aromatic N) is 1. The first-order valence-electron chi connectivity index (χ1n) is 6.46. The molecule has 0 saturated carbocycles. The van der Waals surface area contributed by atoms with Crippen LogP contribution < -0.4 is 10.5 Å². The Bertz CT molecular complexity index is 424. The van der Waals surface area contributed by atoms with E-state index in [4.69, 9.17) is 10.5 Å². The maximum atomic E-state index is 13.9. The van der Waals surface area contributed by atoms with Gasteiger partial charge in [-0.3, -0.25) is 4.79 Å². The smallest absolute Gasteiger partial charge is 0.256 e. The van der Waals surface area contributed by atoms with Crippen molar-refractivity contribution < 1.29 is 13.9 Å². The summed E-state index contributed by atoms with van der Waals surface area (Å²) in [5, 5.41) is 0. The van der Waals surface area contributed by atoms with Crippen LogP contribution in [0.2, 0.25) is 0 Å². The Morgan fingerprint density at radius 2 is 2.16 bits per heavy atom. The first kappa shape index (κ1) is 15.4. The van der Waals surface area contributed by atoms with Gasteiger partial charge in [0.2, 0.25) is 0 Å². The number of hydrogen-bond donors (Lipinski definition) is 1. The molecule has 0 heterocycles. The van der Waals surface area contributed by atoms with E-state index in [2.05, 4.69) is 0 Å². The van der Waals surface area contributed by atoms with Crippen molar-refractivity contribution in [3.8, 4) is 5.75 Å². The third kappa shape index (κ3) is 4.21. The molecule has 1 aromatic rings. The lowest BCUT2D eigenvalue weighted by Crippen LogP contribution is -2.34. The molecule has 0 atom stereocenters. The van der Waals surface area contributed by atoms with Gasteiger partial charge in [-0.2, -0.15) is 0 Å². The van der Waals surface area contributed by atoms with Gasteiger partial charge in [-0.25, -0.2) is 4.39 Å². The van der Waals surface area contributed by atoms with E-state index in [-0.39, 0.29) is 11.5 Å². The molecule has 106 valence electrons. The van der Waals surface area contributed by atoms with Crippen LogP contribution >= 0.6 is 0 Å². The van der Waals surface area contributed by atoms with E-state index in [0.717, 1.165) is 6.42 Å². The van der Waals surface area contributed by atoms with Crippen LogP contribution in [-0.4, -0.2) is 37.6 Å². The van der Waals surface area contributed by atoms with Crippen LogP contribution in [0.15, 0.2) is 18.2 Å². The van der Waals surface area contributed by atoms with E-state index in [0.29, 0.717) is 31.8 Å². The first-order chi connectivity index (χ1) is 9.13. The zero-order valence-electron chi connectivity index (χ0n) is 11.5. The SMILES string of the molecule is CCCN(CCCN)C(=O)c1ccc(OC)cc1F. The quantitative estimate of drug-likeness (QED) is 0.823. The zero-order valence-corrected chi connectivity index (χ0v) is 11.5. The molecular weight excluding hydrogens is 247 g/mol. The summed E-state index contributed by atoms with van der Waals surface area (Å²) in [6, 6.07) is 4.27. The van der Waals surface area contributed by atoms with Gasteiger partial charge < -0.3 is 15.4 Å². The lowest BCUT2D eigenvalue weighted by molar-refractivity contribution is 0.0750. The molecule has 0 bridgehead atoms. The van der Waals surface area contributed by atoms with Gasteiger partial charge in [0.05, 0.1) is 12.7 Å². The second-order valence-electron chi connectivity index (χ2n) is 4.28. The molecule has 0 unspecified atom stereocenters. The van der Waals surface area contributed by atoms with E-state index >= 15 is 0 Å². The summed E-state index contributed by atoms with van der Waals surface area (Å²) < 4.78 is 18.8. The number of hydrogen-bond acceptors (Lipinski definition) is 3. The Morgan fingerprint density at radius 1 is 1.42 bits per heavy atom. The molecule has 4 nitrogen and oxygen atoms in total. The minimum atomic E-state index is -0.557. The summed E-state index contributed by atoms with van der Waals surface area (Å²) in [7, 11) is 1.46. The molecule has 1 aromatic carbocycles. The van der Waals surface area contributed by atoms with Crippen molar-refractivity contribution in [1.29, 1.82) is 0 Å². The van der Waals surface area contributed by atoms with E-state index < -0.39 is 5.82 Å². The van der Waals surface area contributed by atoms with Crippen molar-refractivity contribution in [1.82, 2.24) is 4.90 Å². The highest BCUT2D eigenvalue weighted by atomic mass is 19.1. The predicted octanol–water partition coefficient (Wildman–Crippen LogP) is 2.04. The molecule has 0 aliphatic heterocycles. The monoisotopic (exact) mass is 268 g/mol. The highest BCUT2D eigenvalue weighted by molar-refractivity contribution is 5.94. The number of carbonyl (C=O) groups excluding carboxylic acids is 1. The summed E-state index contributed by atoms with van der Waals surface area (Å²) in [4.78, 5) is 13.9. The summed E-state index contributed by atoms with van der Waals surface area (Å²) in [6.07, 6.45) is 1.54. The molecule has 0 saturated heterocycles. The van der Waals surface area contributed by atoms with E-state index in [1.165, 1.54) is 19.2 Å². The van der Waals surface area contributed by atoms with Crippen molar-refractivity contribution in [2.24, 2.45) is 5.73 Å². The fourth-order valence-electron chi connectivity index (χ4n) is 1.83. The predicted molar refractivity (Wildman–Crippen MR) is 72.8 cm³/mol. The molecule has 0 spiro atoms. The minimum Gasteiger partial charge on any atom is -0.497 e. The normalized spacial score (nSPS) is 10.3. The Kier molecular flexibility index (Phi) is 6.29. The van der Waals surface area contributed by atoms with Gasteiger partial charge in [-0.1, -0.05) is 6.92 Å². The van der Waals surface area contributed by atoms with E-state index in [1.807, 2.05) is 6.92 Å². The average Bonchev–Trinajstić information content (AvgIpc) is 2.42. The number of rotatable bonds is 7. The molecule has 5 heteroatoms. The molecule has 1 amide bonds. The summed E-state index contributed by atoms with van der Waals surface area (Å²) in [5.41, 5.74) is 5.53. The highest BCUT2D eigenvalue weighted by Gasteiger charge is 2.18. The molecule has 2 N–H and O–H groups in total. The van der Waals surface area contributed by atoms with Crippen LogP contribution in [-0.2, 0) is 0 Å². The Morgan fingerprint density at radius 3 is 2.68 bits per heavy atom. The standard InChI is InChI=1S/C14H21FN2O2/c1-3-8-17(9-4-7-16)14(18)12-6-5-11(19-2)10-13(12)15/h5-6,10H,3-4,7-9,16H2,1-2H3. The molecule has 0 radical (unpaired) electrons. The second-order valence-corrected chi connectivity index (χ2v) is 4.28. The van der Waals surface area contributed by atoms with Gasteiger partial charge in [0.25, 0.3) is 5.91 Å². The molecule has 19 heavy (non-hydrogen) atoms. The maximum absolute atomic E-state index is 13.9. The van der Waals surface area contributed by atoms with E-state index in [1.54, 1.807) is 11.0 Å². The number of methoxy groups -OCH3 is 1. The Balaban J connectivity index is 2.89. The lowest BCUT2D eigenvalue weighted by Gasteiger charge is -2.22. The van der Waals surface area contributed by atoms with Crippen molar-refractivity contribution in [2.75, 3.05) is 26.7 Å². The summed E-state index contributed by atoms with van der Waals surface area (Å²) in [5.74, 6) is -0.452. The number of amides is 1. The fourth-order valence-corrected chi connectivity index (χ4v) is 1.83. The van der Waals surface area contributed by atoms with Crippen molar-refractivity contribution in [2.45, 2.75) is 19.8 Å². The molecular formula is C14H21FN2O2. The van der Waals surface area contributed by atoms with Gasteiger partial charge in [0.1, 0.15) is 11.6 Å². The highest BCUT2D eigenvalue weighted by Crippen LogP contribution is 2.18.